The average Bonchev–Trinajstić information content (AvgIpc) is 2.66. The zero-order chi connectivity index (χ0) is 17.6. The second-order valence-corrected chi connectivity index (χ2v) is 5.68. The van der Waals surface area contributed by atoms with Crippen LogP contribution in [0.1, 0.15) is 21.6 Å². The number of aromatic nitrogens is 2. The van der Waals surface area contributed by atoms with Crippen molar-refractivity contribution in [2.75, 3.05) is 7.11 Å². The molecule has 126 valence electrons. The summed E-state index contributed by atoms with van der Waals surface area (Å²) in [5.41, 5.74) is 4.22. The maximum atomic E-state index is 12.2. The van der Waals surface area contributed by atoms with Crippen molar-refractivity contribution in [3.05, 3.63) is 77.7 Å². The Bertz CT molecular complexity index is 876. The van der Waals surface area contributed by atoms with Gasteiger partial charge in [0.15, 0.2) is 0 Å². The number of carbonyl (C=O) groups is 1. The van der Waals surface area contributed by atoms with E-state index < -0.39 is 0 Å². The van der Waals surface area contributed by atoms with Crippen LogP contribution in [0.3, 0.4) is 0 Å². The fourth-order valence-electron chi connectivity index (χ4n) is 2.47. The van der Waals surface area contributed by atoms with Crippen molar-refractivity contribution >= 4 is 5.91 Å². The van der Waals surface area contributed by atoms with Crippen LogP contribution in [-0.4, -0.2) is 23.0 Å². The number of nitrogens with zero attached hydrogens (tertiary/aromatic N) is 2. The number of amides is 1. The molecule has 0 saturated carbocycles. The Morgan fingerprint density at radius 2 is 1.88 bits per heavy atom. The van der Waals surface area contributed by atoms with Gasteiger partial charge in [-0.25, -0.2) is 9.97 Å². The zero-order valence-electron chi connectivity index (χ0n) is 14.2. The van der Waals surface area contributed by atoms with Crippen LogP contribution in [0.2, 0.25) is 0 Å². The second kappa shape index (κ2) is 7.57. The minimum atomic E-state index is -0.117. The van der Waals surface area contributed by atoms with Crippen molar-refractivity contribution in [2.24, 2.45) is 0 Å². The molecule has 0 aliphatic rings. The maximum absolute atomic E-state index is 12.2. The number of rotatable bonds is 5. The van der Waals surface area contributed by atoms with Crippen LogP contribution in [0.15, 0.2) is 60.9 Å². The topological polar surface area (TPSA) is 64.1 Å². The number of nitrogens with one attached hydrogen (secondary N) is 1. The lowest BCUT2D eigenvalue weighted by molar-refractivity contribution is 0.0950. The van der Waals surface area contributed by atoms with Crippen molar-refractivity contribution in [3.63, 3.8) is 0 Å². The molecule has 0 radical (unpaired) electrons. The van der Waals surface area contributed by atoms with Crippen LogP contribution in [0, 0.1) is 6.92 Å². The molecule has 5 heteroatoms. The van der Waals surface area contributed by atoms with E-state index in [1.54, 1.807) is 13.2 Å². The van der Waals surface area contributed by atoms with Crippen LogP contribution >= 0.6 is 0 Å². The first-order valence-corrected chi connectivity index (χ1v) is 7.96. The minimum Gasteiger partial charge on any atom is -0.497 e. The van der Waals surface area contributed by atoms with Crippen LogP contribution in [0.5, 0.6) is 5.75 Å². The van der Waals surface area contributed by atoms with E-state index in [1.165, 1.54) is 6.33 Å². The summed E-state index contributed by atoms with van der Waals surface area (Å²) in [5, 5.41) is 2.89. The molecule has 2 aromatic carbocycles. The first kappa shape index (κ1) is 16.6. The molecule has 5 nitrogen and oxygen atoms in total. The van der Waals surface area contributed by atoms with Crippen molar-refractivity contribution in [1.82, 2.24) is 15.3 Å². The van der Waals surface area contributed by atoms with Crippen molar-refractivity contribution in [2.45, 2.75) is 13.5 Å². The summed E-state index contributed by atoms with van der Waals surface area (Å²) in [6, 6.07) is 17.0. The molecule has 1 N–H and O–H groups in total. The van der Waals surface area contributed by atoms with E-state index in [2.05, 4.69) is 15.3 Å². The monoisotopic (exact) mass is 333 g/mol. The summed E-state index contributed by atoms with van der Waals surface area (Å²) in [6.07, 6.45) is 1.51. The highest BCUT2D eigenvalue weighted by molar-refractivity contribution is 5.94. The lowest BCUT2D eigenvalue weighted by atomic mass is 10.1. The van der Waals surface area contributed by atoms with E-state index in [-0.39, 0.29) is 5.91 Å². The number of hydrogen-bond donors (Lipinski definition) is 1. The Balaban J connectivity index is 1.70. The third kappa shape index (κ3) is 4.20. The molecule has 3 aromatic rings. The largest absolute Gasteiger partial charge is 0.497 e. The van der Waals surface area contributed by atoms with Gasteiger partial charge in [-0.05, 0) is 49.4 Å². The van der Waals surface area contributed by atoms with Crippen molar-refractivity contribution < 1.29 is 9.53 Å². The van der Waals surface area contributed by atoms with Crippen molar-refractivity contribution in [1.29, 1.82) is 0 Å². The van der Waals surface area contributed by atoms with Gasteiger partial charge in [-0.2, -0.15) is 0 Å². The number of carbonyl (C=O) groups excluding carboxylic acids is 1. The number of ether oxygens (including phenoxy) is 1. The van der Waals surface area contributed by atoms with Gasteiger partial charge in [0.25, 0.3) is 5.91 Å². The van der Waals surface area contributed by atoms with Crippen LogP contribution in [0.25, 0.3) is 11.3 Å². The van der Waals surface area contributed by atoms with E-state index in [1.807, 2.05) is 55.5 Å². The molecule has 0 aliphatic heterocycles. The standard InChI is InChI=1S/C20H19N3O2/c1-14-4-3-5-16(10-14)20(24)21-12-17-11-19(23-13-22-17)15-6-8-18(25-2)9-7-15/h3-11,13H,12H2,1-2H3,(H,21,24). The SMILES string of the molecule is COc1ccc(-c2cc(CNC(=O)c3cccc(C)c3)ncn2)cc1. The van der Waals surface area contributed by atoms with Gasteiger partial charge in [-0.15, -0.1) is 0 Å². The van der Waals surface area contributed by atoms with E-state index in [0.29, 0.717) is 12.1 Å². The average molecular weight is 333 g/mol. The fourth-order valence-corrected chi connectivity index (χ4v) is 2.47. The first-order chi connectivity index (χ1) is 12.2. The number of benzene rings is 2. The lowest BCUT2D eigenvalue weighted by Gasteiger charge is -2.07. The molecule has 0 fully saturated rings. The lowest BCUT2D eigenvalue weighted by Crippen LogP contribution is -2.23. The van der Waals surface area contributed by atoms with E-state index in [9.17, 15) is 4.79 Å². The van der Waals surface area contributed by atoms with Crippen LogP contribution < -0.4 is 10.1 Å². The molecule has 0 spiro atoms. The number of aryl methyl sites for hydroxylation is 1. The Kier molecular flexibility index (Phi) is 5.04. The predicted octanol–water partition coefficient (Wildman–Crippen LogP) is 3.39. The van der Waals surface area contributed by atoms with E-state index in [4.69, 9.17) is 4.74 Å². The minimum absolute atomic E-state index is 0.117. The molecular formula is C20H19N3O2. The molecule has 1 heterocycles. The van der Waals surface area contributed by atoms with Gasteiger partial charge in [0.05, 0.1) is 25.0 Å². The fraction of sp³-hybridized carbons (Fsp3) is 0.150. The van der Waals surface area contributed by atoms with E-state index >= 15 is 0 Å². The van der Waals surface area contributed by atoms with Gasteiger partial charge in [0.2, 0.25) is 0 Å². The highest BCUT2D eigenvalue weighted by atomic mass is 16.5. The molecule has 3 rings (SSSR count). The predicted molar refractivity (Wildman–Crippen MR) is 96.4 cm³/mol. The maximum Gasteiger partial charge on any atom is 0.251 e. The number of methoxy groups -OCH3 is 1. The first-order valence-electron chi connectivity index (χ1n) is 7.96. The zero-order valence-corrected chi connectivity index (χ0v) is 14.2. The van der Waals surface area contributed by atoms with Gasteiger partial charge >= 0.3 is 0 Å². The van der Waals surface area contributed by atoms with Gasteiger partial charge in [0, 0.05) is 11.1 Å². The third-order valence-electron chi connectivity index (χ3n) is 3.82. The molecule has 1 aromatic heterocycles. The highest BCUT2D eigenvalue weighted by Crippen LogP contribution is 2.20. The number of hydrogen-bond acceptors (Lipinski definition) is 4. The molecule has 0 aliphatic carbocycles. The molecule has 25 heavy (non-hydrogen) atoms. The van der Waals surface area contributed by atoms with Gasteiger partial charge < -0.3 is 10.1 Å². The summed E-state index contributed by atoms with van der Waals surface area (Å²) in [6.45, 7) is 2.31. The third-order valence-corrected chi connectivity index (χ3v) is 3.82. The summed E-state index contributed by atoms with van der Waals surface area (Å²) in [5.74, 6) is 0.678. The molecule has 1 amide bonds. The summed E-state index contributed by atoms with van der Waals surface area (Å²) < 4.78 is 5.16. The molecule has 0 bridgehead atoms. The Morgan fingerprint density at radius 3 is 2.60 bits per heavy atom. The normalized spacial score (nSPS) is 10.3. The molecule has 0 saturated heterocycles. The molecule has 0 atom stereocenters. The summed E-state index contributed by atoms with van der Waals surface area (Å²) in [4.78, 5) is 20.8. The highest BCUT2D eigenvalue weighted by Gasteiger charge is 2.07. The van der Waals surface area contributed by atoms with Crippen molar-refractivity contribution in [3.8, 4) is 17.0 Å². The quantitative estimate of drug-likeness (QED) is 0.777. The Labute approximate surface area is 146 Å². The summed E-state index contributed by atoms with van der Waals surface area (Å²) in [7, 11) is 1.63. The Hall–Kier alpha value is -3.21. The molecule has 0 unspecified atom stereocenters. The summed E-state index contributed by atoms with van der Waals surface area (Å²) >= 11 is 0. The Morgan fingerprint density at radius 1 is 1.08 bits per heavy atom. The van der Waals surface area contributed by atoms with Crippen LogP contribution in [-0.2, 0) is 6.54 Å². The van der Waals surface area contributed by atoms with Gasteiger partial charge in [-0.1, -0.05) is 17.7 Å². The van der Waals surface area contributed by atoms with Gasteiger partial charge in [0.1, 0.15) is 12.1 Å². The smallest absolute Gasteiger partial charge is 0.251 e. The second-order valence-electron chi connectivity index (χ2n) is 5.68. The van der Waals surface area contributed by atoms with E-state index in [0.717, 1.165) is 28.3 Å². The van der Waals surface area contributed by atoms with Crippen LogP contribution in [0.4, 0.5) is 0 Å². The molecular weight excluding hydrogens is 314 g/mol. The van der Waals surface area contributed by atoms with Gasteiger partial charge in [-0.3, -0.25) is 4.79 Å².